The van der Waals surface area contributed by atoms with Crippen molar-refractivity contribution in [3.8, 4) is 0 Å². The van der Waals surface area contributed by atoms with Gasteiger partial charge in [0.25, 0.3) is 0 Å². The monoisotopic (exact) mass is 209 g/mol. The Hall–Kier alpha value is -1.78. The van der Waals surface area contributed by atoms with Gasteiger partial charge in [-0.05, 0) is 18.2 Å². The molecule has 1 saturated heterocycles. The van der Waals surface area contributed by atoms with Crippen LogP contribution >= 0.6 is 0 Å². The Kier molecular flexibility index (Phi) is 2.45. The van der Waals surface area contributed by atoms with E-state index in [1.807, 2.05) is 0 Å². The zero-order chi connectivity index (χ0) is 10.8. The van der Waals surface area contributed by atoms with E-state index < -0.39 is 0 Å². The number of carbonyl (C=O) groups excluding carboxylic acids is 1. The average Bonchev–Trinajstić information content (AvgIpc) is 2.56. The van der Waals surface area contributed by atoms with E-state index in [9.17, 15) is 9.18 Å². The number of amides is 1. The lowest BCUT2D eigenvalue weighted by Crippen LogP contribution is -2.22. The SMILES string of the molecule is Nc1cc(F)ccc1NC1CNC(=O)C1. The molecule has 0 aliphatic carbocycles. The van der Waals surface area contributed by atoms with E-state index in [-0.39, 0.29) is 17.8 Å². The van der Waals surface area contributed by atoms with Gasteiger partial charge in [0, 0.05) is 13.0 Å². The van der Waals surface area contributed by atoms with E-state index in [1.165, 1.54) is 12.1 Å². The van der Waals surface area contributed by atoms with Crippen LogP contribution in [-0.4, -0.2) is 18.5 Å². The van der Waals surface area contributed by atoms with Crippen molar-refractivity contribution in [1.82, 2.24) is 5.32 Å². The number of benzene rings is 1. The highest BCUT2D eigenvalue weighted by Crippen LogP contribution is 2.21. The second-order valence-electron chi connectivity index (χ2n) is 3.58. The van der Waals surface area contributed by atoms with Crippen LogP contribution in [0.15, 0.2) is 18.2 Å². The Labute approximate surface area is 86.7 Å². The third-order valence-electron chi connectivity index (χ3n) is 2.35. The second kappa shape index (κ2) is 3.76. The molecule has 1 aromatic carbocycles. The number of anilines is 2. The summed E-state index contributed by atoms with van der Waals surface area (Å²) in [7, 11) is 0. The number of hydrogen-bond acceptors (Lipinski definition) is 3. The minimum Gasteiger partial charge on any atom is -0.397 e. The summed E-state index contributed by atoms with van der Waals surface area (Å²) in [5.74, 6) is -0.341. The second-order valence-corrected chi connectivity index (χ2v) is 3.58. The van der Waals surface area contributed by atoms with Crippen LogP contribution in [0.25, 0.3) is 0 Å². The van der Waals surface area contributed by atoms with Crippen molar-refractivity contribution in [2.75, 3.05) is 17.6 Å². The van der Waals surface area contributed by atoms with Crippen molar-refractivity contribution in [3.05, 3.63) is 24.0 Å². The lowest BCUT2D eigenvalue weighted by molar-refractivity contribution is -0.119. The lowest BCUT2D eigenvalue weighted by Gasteiger charge is -2.13. The van der Waals surface area contributed by atoms with E-state index in [2.05, 4.69) is 10.6 Å². The van der Waals surface area contributed by atoms with Crippen LogP contribution < -0.4 is 16.4 Å². The zero-order valence-electron chi connectivity index (χ0n) is 8.09. The van der Waals surface area contributed by atoms with Gasteiger partial charge >= 0.3 is 0 Å². The van der Waals surface area contributed by atoms with Crippen LogP contribution in [0.4, 0.5) is 15.8 Å². The smallest absolute Gasteiger partial charge is 0.222 e. The van der Waals surface area contributed by atoms with Gasteiger partial charge in [-0.25, -0.2) is 4.39 Å². The lowest BCUT2D eigenvalue weighted by atomic mass is 10.2. The number of hydrogen-bond donors (Lipinski definition) is 3. The molecule has 1 heterocycles. The highest BCUT2D eigenvalue weighted by molar-refractivity contribution is 5.80. The number of nitrogens with one attached hydrogen (secondary N) is 2. The number of rotatable bonds is 2. The van der Waals surface area contributed by atoms with E-state index in [0.717, 1.165) is 0 Å². The van der Waals surface area contributed by atoms with Crippen LogP contribution in [0.2, 0.25) is 0 Å². The molecule has 1 aliphatic heterocycles. The molecular formula is C10H12FN3O. The highest BCUT2D eigenvalue weighted by atomic mass is 19.1. The molecule has 15 heavy (non-hydrogen) atoms. The molecule has 2 rings (SSSR count). The first kappa shape index (κ1) is 9.76. The molecule has 1 aromatic rings. The predicted molar refractivity (Wildman–Crippen MR) is 55.8 cm³/mol. The number of carbonyl (C=O) groups is 1. The van der Waals surface area contributed by atoms with E-state index >= 15 is 0 Å². The summed E-state index contributed by atoms with van der Waals surface area (Å²) in [5.41, 5.74) is 6.65. The zero-order valence-corrected chi connectivity index (χ0v) is 8.09. The molecular weight excluding hydrogens is 197 g/mol. The maximum Gasteiger partial charge on any atom is 0.222 e. The summed E-state index contributed by atoms with van der Waals surface area (Å²) in [4.78, 5) is 10.9. The van der Waals surface area contributed by atoms with Crippen LogP contribution in [-0.2, 0) is 4.79 Å². The quantitative estimate of drug-likeness (QED) is 0.628. The first-order chi connectivity index (χ1) is 7.15. The Morgan fingerprint density at radius 2 is 2.33 bits per heavy atom. The molecule has 5 heteroatoms. The predicted octanol–water partition coefficient (Wildman–Crippen LogP) is 0.708. The molecule has 1 fully saturated rings. The Balaban J connectivity index is 2.07. The van der Waals surface area contributed by atoms with Crippen molar-refractivity contribution >= 4 is 17.3 Å². The molecule has 0 radical (unpaired) electrons. The molecule has 1 unspecified atom stereocenters. The van der Waals surface area contributed by atoms with Crippen LogP contribution in [0.1, 0.15) is 6.42 Å². The topological polar surface area (TPSA) is 67.2 Å². The molecule has 0 aromatic heterocycles. The van der Waals surface area contributed by atoms with Gasteiger partial charge in [-0.15, -0.1) is 0 Å². The van der Waals surface area contributed by atoms with Gasteiger partial charge in [-0.1, -0.05) is 0 Å². The van der Waals surface area contributed by atoms with E-state index in [1.54, 1.807) is 6.07 Å². The van der Waals surface area contributed by atoms with Gasteiger partial charge < -0.3 is 16.4 Å². The summed E-state index contributed by atoms with van der Waals surface area (Å²) >= 11 is 0. The number of nitrogen functional groups attached to an aromatic ring is 1. The normalized spacial score (nSPS) is 20.1. The molecule has 80 valence electrons. The average molecular weight is 209 g/mol. The van der Waals surface area contributed by atoms with Crippen molar-refractivity contribution in [3.63, 3.8) is 0 Å². The summed E-state index contributed by atoms with van der Waals surface area (Å²) in [5, 5.41) is 5.80. The fourth-order valence-corrected chi connectivity index (χ4v) is 1.59. The first-order valence-electron chi connectivity index (χ1n) is 4.73. The Bertz CT molecular complexity index is 394. The summed E-state index contributed by atoms with van der Waals surface area (Å²) in [6, 6.07) is 4.20. The van der Waals surface area contributed by atoms with Crippen molar-refractivity contribution in [2.24, 2.45) is 0 Å². The Morgan fingerprint density at radius 3 is 2.93 bits per heavy atom. The van der Waals surface area contributed by atoms with Gasteiger partial charge in [0.1, 0.15) is 5.82 Å². The fourth-order valence-electron chi connectivity index (χ4n) is 1.59. The molecule has 0 saturated carbocycles. The van der Waals surface area contributed by atoms with E-state index in [4.69, 9.17) is 5.73 Å². The molecule has 0 spiro atoms. The van der Waals surface area contributed by atoms with Gasteiger partial charge in [0.05, 0.1) is 17.4 Å². The minimum atomic E-state index is -0.362. The summed E-state index contributed by atoms with van der Waals surface area (Å²) in [6.07, 6.45) is 0.427. The van der Waals surface area contributed by atoms with Crippen LogP contribution in [0.5, 0.6) is 0 Å². The number of halogens is 1. The number of nitrogens with two attached hydrogens (primary N) is 1. The van der Waals surface area contributed by atoms with Gasteiger partial charge in [-0.2, -0.15) is 0 Å². The maximum absolute atomic E-state index is 12.7. The minimum absolute atomic E-state index is 0.0215. The molecule has 1 aliphatic rings. The van der Waals surface area contributed by atoms with Crippen LogP contribution in [0.3, 0.4) is 0 Å². The first-order valence-corrected chi connectivity index (χ1v) is 4.73. The summed E-state index contributed by atoms with van der Waals surface area (Å²) < 4.78 is 12.7. The van der Waals surface area contributed by atoms with Gasteiger partial charge in [0.2, 0.25) is 5.91 Å². The van der Waals surface area contributed by atoms with Gasteiger partial charge in [-0.3, -0.25) is 4.79 Å². The van der Waals surface area contributed by atoms with Crippen LogP contribution in [0, 0.1) is 5.82 Å². The molecule has 1 amide bonds. The van der Waals surface area contributed by atoms with Crippen molar-refractivity contribution < 1.29 is 9.18 Å². The fraction of sp³-hybridized carbons (Fsp3) is 0.300. The standard InChI is InChI=1S/C10H12FN3O/c11-6-1-2-9(8(12)3-6)14-7-4-10(15)13-5-7/h1-3,7,14H,4-5,12H2,(H,13,15). The molecule has 1 atom stereocenters. The molecule has 0 bridgehead atoms. The summed E-state index contributed by atoms with van der Waals surface area (Å²) in [6.45, 7) is 0.579. The third-order valence-corrected chi connectivity index (χ3v) is 2.35. The molecule has 4 nitrogen and oxygen atoms in total. The third kappa shape index (κ3) is 2.18. The van der Waals surface area contributed by atoms with Gasteiger partial charge in [0.15, 0.2) is 0 Å². The molecule has 4 N–H and O–H groups in total. The Morgan fingerprint density at radius 1 is 1.53 bits per heavy atom. The maximum atomic E-state index is 12.7. The van der Waals surface area contributed by atoms with Crippen molar-refractivity contribution in [2.45, 2.75) is 12.5 Å². The largest absolute Gasteiger partial charge is 0.397 e. The van der Waals surface area contributed by atoms with Crippen molar-refractivity contribution in [1.29, 1.82) is 0 Å². The van der Waals surface area contributed by atoms with E-state index in [0.29, 0.717) is 24.3 Å². The highest BCUT2D eigenvalue weighted by Gasteiger charge is 2.21.